The molecule has 0 saturated carbocycles. The number of hydrogen-bond acceptors (Lipinski definition) is 7. The number of nitrogens with one attached hydrogen (secondary N) is 3. The van der Waals surface area contributed by atoms with Crippen LogP contribution >= 0.6 is 11.8 Å². The maximum atomic E-state index is 13.0. The molecule has 3 N–H and O–H groups in total. The Morgan fingerprint density at radius 1 is 1.14 bits per heavy atom. The van der Waals surface area contributed by atoms with E-state index < -0.39 is 11.7 Å². The molecule has 2 aromatic rings. The van der Waals surface area contributed by atoms with E-state index in [9.17, 15) is 14.4 Å². The van der Waals surface area contributed by atoms with Crippen molar-refractivity contribution >= 4 is 41.0 Å². The normalized spacial score (nSPS) is 14.7. The fourth-order valence-electron chi connectivity index (χ4n) is 4.00. The Morgan fingerprint density at radius 3 is 2.38 bits per heavy atom. The van der Waals surface area contributed by atoms with Gasteiger partial charge in [0.2, 0.25) is 5.91 Å². The van der Waals surface area contributed by atoms with Crippen molar-refractivity contribution in [3.8, 4) is 0 Å². The number of aromatic nitrogens is 2. The van der Waals surface area contributed by atoms with Crippen molar-refractivity contribution in [1.29, 1.82) is 0 Å². The van der Waals surface area contributed by atoms with Crippen LogP contribution in [0.4, 0.5) is 16.2 Å². The van der Waals surface area contributed by atoms with Crippen molar-refractivity contribution in [1.82, 2.24) is 20.2 Å². The molecule has 3 rings (SSSR count). The molecule has 2 heterocycles. The highest BCUT2D eigenvalue weighted by Crippen LogP contribution is 2.21. The highest BCUT2D eigenvalue weighted by molar-refractivity contribution is 7.98. The Kier molecular flexibility index (Phi) is 9.85. The number of imidazole rings is 1. The van der Waals surface area contributed by atoms with Crippen molar-refractivity contribution in [3.63, 3.8) is 0 Å². The van der Waals surface area contributed by atoms with E-state index in [1.54, 1.807) is 18.7 Å². The van der Waals surface area contributed by atoms with Gasteiger partial charge in [-0.3, -0.25) is 9.59 Å². The first-order valence-corrected chi connectivity index (χ1v) is 13.9. The van der Waals surface area contributed by atoms with E-state index in [1.165, 1.54) is 6.20 Å². The van der Waals surface area contributed by atoms with E-state index in [4.69, 9.17) is 4.74 Å². The fraction of sp³-hybridized carbons (Fsp3) is 0.538. The quantitative estimate of drug-likeness (QED) is 0.453. The lowest BCUT2D eigenvalue weighted by Crippen LogP contribution is -2.50. The number of thioether (sulfide) groups is 1. The van der Waals surface area contributed by atoms with E-state index >= 15 is 0 Å². The number of ether oxygens (including phenoxy) is 1. The minimum Gasteiger partial charge on any atom is -0.444 e. The summed E-state index contributed by atoms with van der Waals surface area (Å²) in [6.07, 6.45) is 3.99. The molecule has 0 aliphatic carbocycles. The highest BCUT2D eigenvalue weighted by atomic mass is 32.2. The lowest BCUT2D eigenvalue weighted by atomic mass is 10.1. The van der Waals surface area contributed by atoms with Gasteiger partial charge in [0, 0.05) is 50.0 Å². The summed E-state index contributed by atoms with van der Waals surface area (Å²) in [5, 5.41) is 5.74. The number of aryl methyl sites for hydroxylation is 1. The minimum atomic E-state index is -0.586. The molecule has 1 fully saturated rings. The van der Waals surface area contributed by atoms with Gasteiger partial charge in [-0.1, -0.05) is 0 Å². The number of rotatable bonds is 9. The summed E-state index contributed by atoms with van der Waals surface area (Å²) >= 11 is 1.68. The van der Waals surface area contributed by atoms with Crippen molar-refractivity contribution < 1.29 is 19.1 Å². The van der Waals surface area contributed by atoms with Crippen LogP contribution in [-0.4, -0.2) is 82.6 Å². The predicted molar refractivity (Wildman–Crippen MR) is 147 cm³/mol. The van der Waals surface area contributed by atoms with Gasteiger partial charge in [-0.15, -0.1) is 0 Å². The standard InChI is InChI=1S/C26H38N6O4S/c1-18-27-17-22(28-18)24(34)29-19-6-8-21(9-7-19)31-11-13-32(14-12-31)23(33)16-20(10-15-37-5)30-25(35)36-26(2,3)4/h6-9,17,20H,10-16H2,1-5H3,(H,27,28)(H,29,34)(H,30,35). The molecular formula is C26H38N6O4S. The van der Waals surface area contributed by atoms with Gasteiger partial charge in [-0.25, -0.2) is 9.78 Å². The number of alkyl carbamates (subject to hydrolysis) is 1. The van der Waals surface area contributed by atoms with Gasteiger partial charge in [0.25, 0.3) is 5.91 Å². The molecule has 1 aliphatic rings. The molecule has 0 bridgehead atoms. The molecule has 1 aromatic carbocycles. The van der Waals surface area contributed by atoms with Gasteiger partial charge < -0.3 is 30.2 Å². The van der Waals surface area contributed by atoms with E-state index in [-0.39, 0.29) is 24.3 Å². The van der Waals surface area contributed by atoms with Gasteiger partial charge in [0.05, 0.1) is 6.20 Å². The van der Waals surface area contributed by atoms with Crippen LogP contribution in [0.3, 0.4) is 0 Å². The lowest BCUT2D eigenvalue weighted by Gasteiger charge is -2.36. The van der Waals surface area contributed by atoms with Gasteiger partial charge in [0.15, 0.2) is 0 Å². The van der Waals surface area contributed by atoms with E-state index in [0.717, 1.165) is 11.4 Å². The number of anilines is 2. The zero-order valence-electron chi connectivity index (χ0n) is 22.3. The molecule has 37 heavy (non-hydrogen) atoms. The Labute approximate surface area is 222 Å². The zero-order valence-corrected chi connectivity index (χ0v) is 23.1. The average Bonchev–Trinajstić information content (AvgIpc) is 3.28. The first-order valence-electron chi connectivity index (χ1n) is 12.5. The van der Waals surface area contributed by atoms with Crippen molar-refractivity contribution in [2.24, 2.45) is 0 Å². The second-order valence-corrected chi connectivity index (χ2v) is 11.1. The molecule has 1 unspecified atom stereocenters. The second-order valence-electron chi connectivity index (χ2n) is 10.1. The summed E-state index contributed by atoms with van der Waals surface area (Å²) in [5.74, 6) is 1.33. The van der Waals surface area contributed by atoms with E-state index in [1.807, 2.05) is 56.2 Å². The molecule has 1 atom stereocenters. The number of aromatic amines is 1. The molecule has 202 valence electrons. The molecule has 11 heteroatoms. The molecule has 1 aliphatic heterocycles. The second kappa shape index (κ2) is 12.8. The van der Waals surface area contributed by atoms with Crippen molar-refractivity contribution in [2.45, 2.75) is 52.2 Å². The Balaban J connectivity index is 1.49. The summed E-state index contributed by atoms with van der Waals surface area (Å²) < 4.78 is 5.38. The van der Waals surface area contributed by atoms with Crippen molar-refractivity contribution in [2.75, 3.05) is 48.4 Å². The fourth-order valence-corrected chi connectivity index (χ4v) is 4.52. The summed E-state index contributed by atoms with van der Waals surface area (Å²) in [7, 11) is 0. The number of amides is 3. The molecule has 0 spiro atoms. The largest absolute Gasteiger partial charge is 0.444 e. The monoisotopic (exact) mass is 530 g/mol. The SMILES string of the molecule is CSCCC(CC(=O)N1CCN(c2ccc(NC(=O)c3cnc(C)[nH]3)cc2)CC1)NC(=O)OC(C)(C)C. The Bertz CT molecular complexity index is 1060. The van der Waals surface area contributed by atoms with Crippen LogP contribution in [0.2, 0.25) is 0 Å². The molecule has 3 amide bonds. The Morgan fingerprint density at radius 2 is 1.81 bits per heavy atom. The van der Waals surface area contributed by atoms with Crippen LogP contribution in [0, 0.1) is 6.92 Å². The third kappa shape index (κ3) is 8.99. The van der Waals surface area contributed by atoms with E-state index in [0.29, 0.717) is 49.8 Å². The summed E-state index contributed by atoms with van der Waals surface area (Å²) in [6, 6.07) is 7.41. The molecule has 1 saturated heterocycles. The number of benzene rings is 1. The number of nitrogens with zero attached hydrogens (tertiary/aromatic N) is 3. The number of hydrogen-bond donors (Lipinski definition) is 3. The van der Waals surface area contributed by atoms with Crippen LogP contribution < -0.4 is 15.5 Å². The highest BCUT2D eigenvalue weighted by Gasteiger charge is 2.26. The van der Waals surface area contributed by atoms with Crippen LogP contribution in [-0.2, 0) is 9.53 Å². The third-order valence-electron chi connectivity index (χ3n) is 5.88. The number of carbonyl (C=O) groups excluding carboxylic acids is 3. The third-order valence-corrected chi connectivity index (χ3v) is 6.53. The lowest BCUT2D eigenvalue weighted by molar-refractivity contribution is -0.132. The number of carbonyl (C=O) groups is 3. The number of piperazine rings is 1. The van der Waals surface area contributed by atoms with Gasteiger partial charge in [-0.05, 0) is 70.4 Å². The van der Waals surface area contributed by atoms with Gasteiger partial charge >= 0.3 is 6.09 Å². The van der Waals surface area contributed by atoms with Crippen LogP contribution in [0.5, 0.6) is 0 Å². The molecule has 0 radical (unpaired) electrons. The van der Waals surface area contributed by atoms with E-state index in [2.05, 4.69) is 25.5 Å². The summed E-state index contributed by atoms with van der Waals surface area (Å²) in [4.78, 5) is 48.6. The number of H-pyrrole nitrogens is 1. The summed E-state index contributed by atoms with van der Waals surface area (Å²) in [6.45, 7) is 9.89. The topological polar surface area (TPSA) is 120 Å². The Hall–Kier alpha value is -3.21. The first kappa shape index (κ1) is 28.4. The molecule has 10 nitrogen and oxygen atoms in total. The van der Waals surface area contributed by atoms with Gasteiger partial charge in [0.1, 0.15) is 17.1 Å². The summed E-state index contributed by atoms with van der Waals surface area (Å²) in [5.41, 5.74) is 1.56. The van der Waals surface area contributed by atoms with Crippen LogP contribution in [0.15, 0.2) is 30.5 Å². The average molecular weight is 531 g/mol. The van der Waals surface area contributed by atoms with Crippen LogP contribution in [0.25, 0.3) is 0 Å². The smallest absolute Gasteiger partial charge is 0.407 e. The van der Waals surface area contributed by atoms with Crippen molar-refractivity contribution in [3.05, 3.63) is 42.0 Å². The molecule has 1 aromatic heterocycles. The van der Waals surface area contributed by atoms with Crippen LogP contribution in [0.1, 0.15) is 49.9 Å². The predicted octanol–water partition coefficient (Wildman–Crippen LogP) is 3.66. The molecular weight excluding hydrogens is 492 g/mol. The maximum Gasteiger partial charge on any atom is 0.407 e. The minimum absolute atomic E-state index is 0.0360. The van der Waals surface area contributed by atoms with Gasteiger partial charge in [-0.2, -0.15) is 11.8 Å². The zero-order chi connectivity index (χ0) is 27.0. The first-order chi connectivity index (χ1) is 17.5. The maximum absolute atomic E-state index is 13.0.